The van der Waals surface area contributed by atoms with Crippen molar-refractivity contribution in [3.63, 3.8) is 0 Å². The smallest absolute Gasteiger partial charge is 0.246 e. The van der Waals surface area contributed by atoms with E-state index in [2.05, 4.69) is 26.2 Å². The zero-order valence-corrected chi connectivity index (χ0v) is 11.2. The second-order valence-corrected chi connectivity index (χ2v) is 3.79. The van der Waals surface area contributed by atoms with Crippen molar-refractivity contribution in [3.8, 4) is 0 Å². The van der Waals surface area contributed by atoms with E-state index in [1.807, 2.05) is 31.3 Å². The fraction of sp³-hybridized carbons (Fsp3) is 0.273. The highest BCUT2D eigenvalue weighted by Crippen LogP contribution is 2.10. The van der Waals surface area contributed by atoms with Crippen LogP contribution in [0.5, 0.6) is 0 Å². The molecule has 1 aromatic heterocycles. The van der Waals surface area contributed by atoms with E-state index in [9.17, 15) is 4.79 Å². The first kappa shape index (κ1) is 15.1. The summed E-state index contributed by atoms with van der Waals surface area (Å²) >= 11 is 0. The Hall–Kier alpha value is -1.99. The van der Waals surface area contributed by atoms with Crippen LogP contribution in [-0.4, -0.2) is 33.2 Å². The Morgan fingerprint density at radius 3 is 2.95 bits per heavy atom. The summed E-state index contributed by atoms with van der Waals surface area (Å²) in [4.78, 5) is 11.7. The molecule has 0 saturated heterocycles. The van der Waals surface area contributed by atoms with Crippen molar-refractivity contribution < 1.29 is 4.79 Å². The van der Waals surface area contributed by atoms with Crippen LogP contribution in [0, 0.1) is 0 Å². The van der Waals surface area contributed by atoms with Gasteiger partial charge in [0.25, 0.3) is 0 Å². The van der Waals surface area contributed by atoms with Crippen LogP contribution < -0.4 is 10.6 Å². The lowest BCUT2D eigenvalue weighted by atomic mass is 10.2. The van der Waals surface area contributed by atoms with Crippen LogP contribution in [0.2, 0.25) is 0 Å². The summed E-state index contributed by atoms with van der Waals surface area (Å²) in [6.07, 6.45) is 1.40. The molecule has 0 spiro atoms. The van der Waals surface area contributed by atoms with Crippen molar-refractivity contribution in [2.24, 2.45) is 0 Å². The third kappa shape index (κ3) is 4.65. The maximum absolute atomic E-state index is 11.7. The number of rotatable bonds is 5. The van der Waals surface area contributed by atoms with Gasteiger partial charge in [-0.25, -0.2) is 4.68 Å². The minimum Gasteiger partial charge on any atom is -0.324 e. The standard InChI is InChI=1S/C11H14N6O.ClH/c1-12-6-9-3-2-4-10(5-9)14-11(18)7-17-8-13-15-16-17;/h2-5,8,12H,6-7H2,1H3,(H,14,18);1H. The number of hydrogen-bond donors (Lipinski definition) is 2. The third-order valence-electron chi connectivity index (χ3n) is 2.29. The number of benzene rings is 1. The van der Waals surface area contributed by atoms with E-state index in [4.69, 9.17) is 0 Å². The highest BCUT2D eigenvalue weighted by atomic mass is 35.5. The molecule has 2 N–H and O–H groups in total. The predicted molar refractivity (Wildman–Crippen MR) is 72.9 cm³/mol. The summed E-state index contributed by atoms with van der Waals surface area (Å²) in [5.41, 5.74) is 1.87. The van der Waals surface area contributed by atoms with Gasteiger partial charge < -0.3 is 10.6 Å². The van der Waals surface area contributed by atoms with Gasteiger partial charge in [-0.05, 0) is 35.2 Å². The molecule has 8 heteroatoms. The van der Waals surface area contributed by atoms with Crippen LogP contribution in [0.15, 0.2) is 30.6 Å². The molecule has 7 nitrogen and oxygen atoms in total. The minimum absolute atomic E-state index is 0. The van der Waals surface area contributed by atoms with E-state index in [0.29, 0.717) is 0 Å². The maximum Gasteiger partial charge on any atom is 0.246 e. The van der Waals surface area contributed by atoms with Gasteiger partial charge in [-0.15, -0.1) is 17.5 Å². The zero-order chi connectivity index (χ0) is 12.8. The Balaban J connectivity index is 0.00000180. The molecule has 19 heavy (non-hydrogen) atoms. The van der Waals surface area contributed by atoms with Crippen molar-refractivity contribution in [1.82, 2.24) is 25.5 Å². The average Bonchev–Trinajstić information content (AvgIpc) is 2.82. The van der Waals surface area contributed by atoms with Crippen LogP contribution in [0.4, 0.5) is 5.69 Å². The van der Waals surface area contributed by atoms with E-state index in [1.54, 1.807) is 0 Å². The van der Waals surface area contributed by atoms with Crippen molar-refractivity contribution >= 4 is 24.0 Å². The fourth-order valence-corrected chi connectivity index (χ4v) is 1.56. The van der Waals surface area contributed by atoms with Gasteiger partial charge in [0.15, 0.2) is 0 Å². The first-order valence-corrected chi connectivity index (χ1v) is 5.52. The summed E-state index contributed by atoms with van der Waals surface area (Å²) in [6, 6.07) is 7.66. The van der Waals surface area contributed by atoms with E-state index in [0.717, 1.165) is 17.8 Å². The molecule has 2 rings (SSSR count). The third-order valence-corrected chi connectivity index (χ3v) is 2.29. The van der Waals surface area contributed by atoms with Gasteiger partial charge in [0.2, 0.25) is 5.91 Å². The molecule has 0 aliphatic carbocycles. The predicted octanol–water partition coefficient (Wildman–Crippen LogP) is 0.453. The van der Waals surface area contributed by atoms with Crippen LogP contribution in [0.1, 0.15) is 5.56 Å². The number of nitrogens with one attached hydrogen (secondary N) is 2. The van der Waals surface area contributed by atoms with Crippen molar-refractivity contribution in [3.05, 3.63) is 36.2 Å². The number of amides is 1. The number of anilines is 1. The number of hydrogen-bond acceptors (Lipinski definition) is 5. The molecule has 0 radical (unpaired) electrons. The Morgan fingerprint density at radius 1 is 1.42 bits per heavy atom. The summed E-state index contributed by atoms with van der Waals surface area (Å²) in [6.45, 7) is 0.861. The summed E-state index contributed by atoms with van der Waals surface area (Å²) in [5, 5.41) is 16.4. The largest absolute Gasteiger partial charge is 0.324 e. The SMILES string of the molecule is CNCc1cccc(NC(=O)Cn2cnnn2)c1.Cl. The second kappa shape index (κ2) is 7.45. The van der Waals surface area contributed by atoms with Crippen LogP contribution in [0.25, 0.3) is 0 Å². The number of tetrazole rings is 1. The first-order chi connectivity index (χ1) is 8.78. The van der Waals surface area contributed by atoms with Gasteiger partial charge in [0, 0.05) is 12.2 Å². The lowest BCUT2D eigenvalue weighted by Gasteiger charge is -2.07. The quantitative estimate of drug-likeness (QED) is 0.832. The van der Waals surface area contributed by atoms with Crippen molar-refractivity contribution in [1.29, 1.82) is 0 Å². The van der Waals surface area contributed by atoms with E-state index >= 15 is 0 Å². The molecule has 0 atom stereocenters. The van der Waals surface area contributed by atoms with Crippen molar-refractivity contribution in [2.75, 3.05) is 12.4 Å². The average molecular weight is 283 g/mol. The second-order valence-electron chi connectivity index (χ2n) is 3.79. The van der Waals surface area contributed by atoms with Gasteiger partial charge in [-0.3, -0.25) is 4.79 Å². The molecule has 0 fully saturated rings. The molecule has 0 unspecified atom stereocenters. The maximum atomic E-state index is 11.7. The summed E-state index contributed by atoms with van der Waals surface area (Å²) in [7, 11) is 1.88. The summed E-state index contributed by atoms with van der Waals surface area (Å²) in [5.74, 6) is -0.163. The molecular weight excluding hydrogens is 268 g/mol. The van der Waals surface area contributed by atoms with E-state index < -0.39 is 0 Å². The topological polar surface area (TPSA) is 84.7 Å². The van der Waals surface area contributed by atoms with Gasteiger partial charge in [0.05, 0.1) is 0 Å². The Bertz CT molecular complexity index is 516. The number of aromatic nitrogens is 4. The molecule has 0 aliphatic rings. The van der Waals surface area contributed by atoms with Gasteiger partial charge >= 0.3 is 0 Å². The normalized spacial score (nSPS) is 9.74. The monoisotopic (exact) mass is 282 g/mol. The van der Waals surface area contributed by atoms with Crippen LogP contribution >= 0.6 is 12.4 Å². The molecule has 2 aromatic rings. The number of nitrogens with zero attached hydrogens (tertiary/aromatic N) is 4. The number of carbonyl (C=O) groups excluding carboxylic acids is 1. The molecule has 1 aromatic carbocycles. The molecule has 1 amide bonds. The Kier molecular flexibility index (Phi) is 5.91. The highest BCUT2D eigenvalue weighted by molar-refractivity contribution is 5.90. The van der Waals surface area contributed by atoms with E-state index in [-0.39, 0.29) is 24.9 Å². The van der Waals surface area contributed by atoms with Gasteiger partial charge in [-0.1, -0.05) is 12.1 Å². The van der Waals surface area contributed by atoms with Crippen molar-refractivity contribution in [2.45, 2.75) is 13.1 Å². The van der Waals surface area contributed by atoms with E-state index in [1.165, 1.54) is 11.0 Å². The Morgan fingerprint density at radius 2 is 2.26 bits per heavy atom. The highest BCUT2D eigenvalue weighted by Gasteiger charge is 2.04. The number of halogens is 1. The van der Waals surface area contributed by atoms with Crippen LogP contribution in [-0.2, 0) is 17.9 Å². The molecule has 1 heterocycles. The summed E-state index contributed by atoms with van der Waals surface area (Å²) < 4.78 is 1.37. The molecule has 102 valence electrons. The lowest BCUT2D eigenvalue weighted by Crippen LogP contribution is -2.19. The van der Waals surface area contributed by atoms with Gasteiger partial charge in [0.1, 0.15) is 12.9 Å². The Labute approximate surface area is 116 Å². The van der Waals surface area contributed by atoms with Gasteiger partial charge in [-0.2, -0.15) is 0 Å². The fourth-order valence-electron chi connectivity index (χ4n) is 1.56. The van der Waals surface area contributed by atoms with Crippen LogP contribution in [0.3, 0.4) is 0 Å². The number of carbonyl (C=O) groups is 1. The molecular formula is C11H15ClN6O. The minimum atomic E-state index is -0.163. The molecule has 0 bridgehead atoms. The first-order valence-electron chi connectivity index (χ1n) is 5.52. The zero-order valence-electron chi connectivity index (χ0n) is 10.4. The molecule has 0 saturated carbocycles. The lowest BCUT2D eigenvalue weighted by molar-refractivity contribution is -0.116. The molecule has 0 aliphatic heterocycles.